The number of nitro benzene ring substituents is 1. The second-order valence-corrected chi connectivity index (χ2v) is 5.37. The molecule has 6 heteroatoms. The first-order valence-electron chi connectivity index (χ1n) is 7.03. The number of nitro groups is 1. The van der Waals surface area contributed by atoms with Crippen LogP contribution < -0.4 is 5.73 Å². The summed E-state index contributed by atoms with van der Waals surface area (Å²) >= 11 is 0. The van der Waals surface area contributed by atoms with Crippen molar-refractivity contribution in [3.05, 3.63) is 39.9 Å². The summed E-state index contributed by atoms with van der Waals surface area (Å²) in [7, 11) is 0. The van der Waals surface area contributed by atoms with E-state index in [0.29, 0.717) is 19.2 Å². The molecule has 1 saturated heterocycles. The number of benzene rings is 1. The number of nitrogens with two attached hydrogens (primary N) is 1. The predicted molar refractivity (Wildman–Crippen MR) is 74.4 cm³/mol. The molecule has 0 bridgehead atoms. The number of ether oxygens (including phenoxy) is 1. The molecule has 6 nitrogen and oxygen atoms in total. The maximum Gasteiger partial charge on any atom is 0.274 e. The first-order valence-corrected chi connectivity index (χ1v) is 7.03. The minimum Gasteiger partial charge on any atom is -0.374 e. The van der Waals surface area contributed by atoms with E-state index in [4.69, 9.17) is 10.5 Å². The fraction of sp³-hybridized carbons (Fsp3) is 0.571. The first kappa shape index (κ1) is 13.5. The minimum atomic E-state index is -0.317. The van der Waals surface area contributed by atoms with Crippen molar-refractivity contribution in [3.63, 3.8) is 0 Å². The lowest BCUT2D eigenvalue weighted by molar-refractivity contribution is -0.386. The number of para-hydroxylation sites is 1. The van der Waals surface area contributed by atoms with E-state index in [1.54, 1.807) is 12.1 Å². The van der Waals surface area contributed by atoms with Crippen molar-refractivity contribution in [2.24, 2.45) is 5.73 Å². The van der Waals surface area contributed by atoms with Crippen LogP contribution in [-0.2, 0) is 4.74 Å². The van der Waals surface area contributed by atoms with Gasteiger partial charge in [-0.2, -0.15) is 0 Å². The van der Waals surface area contributed by atoms with Crippen LogP contribution in [0.2, 0.25) is 0 Å². The lowest BCUT2D eigenvalue weighted by Crippen LogP contribution is -2.49. The Morgan fingerprint density at radius 1 is 1.40 bits per heavy atom. The zero-order valence-electron chi connectivity index (χ0n) is 11.3. The molecule has 1 saturated carbocycles. The van der Waals surface area contributed by atoms with E-state index in [1.165, 1.54) is 0 Å². The second kappa shape index (κ2) is 5.47. The summed E-state index contributed by atoms with van der Waals surface area (Å²) in [6.45, 7) is 1.84. The lowest BCUT2D eigenvalue weighted by Gasteiger charge is -2.41. The Balaban J connectivity index is 2.00. The van der Waals surface area contributed by atoms with E-state index in [0.717, 1.165) is 24.9 Å². The van der Waals surface area contributed by atoms with Crippen molar-refractivity contribution >= 4 is 5.69 Å². The molecule has 1 aliphatic carbocycles. The topological polar surface area (TPSA) is 81.6 Å². The van der Waals surface area contributed by atoms with Crippen molar-refractivity contribution in [2.45, 2.75) is 31.0 Å². The molecular formula is C14H19N3O3. The van der Waals surface area contributed by atoms with Gasteiger partial charge in [0.05, 0.1) is 23.7 Å². The lowest BCUT2D eigenvalue weighted by atomic mass is 9.96. The number of rotatable bonds is 4. The summed E-state index contributed by atoms with van der Waals surface area (Å²) in [5.41, 5.74) is 6.70. The van der Waals surface area contributed by atoms with Crippen molar-refractivity contribution in [3.8, 4) is 0 Å². The Bertz CT molecular complexity index is 504. The van der Waals surface area contributed by atoms with E-state index < -0.39 is 0 Å². The van der Waals surface area contributed by atoms with Crippen LogP contribution in [0.1, 0.15) is 24.4 Å². The third-order valence-corrected chi connectivity index (χ3v) is 4.09. The average molecular weight is 277 g/mol. The van der Waals surface area contributed by atoms with Gasteiger partial charge in [-0.3, -0.25) is 15.0 Å². The van der Waals surface area contributed by atoms with E-state index >= 15 is 0 Å². The molecule has 1 aliphatic heterocycles. The highest BCUT2D eigenvalue weighted by atomic mass is 16.6. The highest BCUT2D eigenvalue weighted by Crippen LogP contribution is 2.41. The quantitative estimate of drug-likeness (QED) is 0.665. The van der Waals surface area contributed by atoms with Gasteiger partial charge >= 0.3 is 0 Å². The number of nitrogens with zero attached hydrogens (tertiary/aromatic N) is 2. The predicted octanol–water partition coefficient (Wildman–Crippen LogP) is 1.46. The summed E-state index contributed by atoms with van der Waals surface area (Å²) < 4.78 is 5.75. The molecule has 2 fully saturated rings. The van der Waals surface area contributed by atoms with Crippen LogP contribution in [0.5, 0.6) is 0 Å². The number of hydrogen-bond donors (Lipinski definition) is 1. The fourth-order valence-electron chi connectivity index (χ4n) is 3.05. The van der Waals surface area contributed by atoms with Crippen molar-refractivity contribution in [1.82, 2.24) is 4.90 Å². The number of hydrogen-bond acceptors (Lipinski definition) is 5. The summed E-state index contributed by atoms with van der Waals surface area (Å²) in [4.78, 5) is 13.3. The maximum atomic E-state index is 11.3. The molecular weight excluding hydrogens is 258 g/mol. The van der Waals surface area contributed by atoms with Crippen LogP contribution in [0.3, 0.4) is 0 Å². The van der Waals surface area contributed by atoms with Crippen LogP contribution in [-0.4, -0.2) is 41.7 Å². The molecule has 1 heterocycles. The SMILES string of the molecule is NCC1OCCN(C2CC2)C1c1ccccc1[N+](=O)[O-]. The van der Waals surface area contributed by atoms with Crippen LogP contribution in [0.15, 0.2) is 24.3 Å². The van der Waals surface area contributed by atoms with Gasteiger partial charge < -0.3 is 10.5 Å². The molecule has 108 valence electrons. The highest BCUT2D eigenvalue weighted by Gasteiger charge is 2.42. The van der Waals surface area contributed by atoms with Crippen LogP contribution >= 0.6 is 0 Å². The van der Waals surface area contributed by atoms with E-state index in [1.807, 2.05) is 12.1 Å². The zero-order chi connectivity index (χ0) is 14.1. The van der Waals surface area contributed by atoms with Gasteiger partial charge in [0.25, 0.3) is 5.69 Å². The molecule has 3 rings (SSSR count). The molecule has 2 unspecified atom stereocenters. The van der Waals surface area contributed by atoms with Gasteiger partial charge in [0, 0.05) is 30.8 Å². The average Bonchev–Trinajstić information content (AvgIpc) is 3.31. The Morgan fingerprint density at radius 3 is 2.80 bits per heavy atom. The summed E-state index contributed by atoms with van der Waals surface area (Å²) in [6.07, 6.45) is 2.15. The van der Waals surface area contributed by atoms with E-state index in [9.17, 15) is 10.1 Å². The van der Waals surface area contributed by atoms with Gasteiger partial charge in [-0.05, 0) is 12.8 Å². The first-order chi connectivity index (χ1) is 9.72. The molecule has 1 aromatic carbocycles. The molecule has 0 radical (unpaired) electrons. The van der Waals surface area contributed by atoms with E-state index in [2.05, 4.69) is 4.90 Å². The Labute approximate surface area is 117 Å². The molecule has 2 N–H and O–H groups in total. The smallest absolute Gasteiger partial charge is 0.274 e. The molecule has 0 spiro atoms. The van der Waals surface area contributed by atoms with Gasteiger partial charge in [-0.1, -0.05) is 18.2 Å². The summed E-state index contributed by atoms with van der Waals surface area (Å²) in [5, 5.41) is 11.3. The largest absolute Gasteiger partial charge is 0.374 e. The van der Waals surface area contributed by atoms with Gasteiger partial charge in [0.1, 0.15) is 0 Å². The van der Waals surface area contributed by atoms with Gasteiger partial charge in [0.15, 0.2) is 0 Å². The highest BCUT2D eigenvalue weighted by molar-refractivity contribution is 5.43. The van der Waals surface area contributed by atoms with Gasteiger partial charge in [-0.25, -0.2) is 0 Å². The monoisotopic (exact) mass is 277 g/mol. The maximum absolute atomic E-state index is 11.3. The second-order valence-electron chi connectivity index (χ2n) is 5.37. The van der Waals surface area contributed by atoms with E-state index in [-0.39, 0.29) is 22.8 Å². The standard InChI is InChI=1S/C14H19N3O3/c15-9-13-14(16(7-8-20-13)10-5-6-10)11-3-1-2-4-12(11)17(18)19/h1-4,10,13-14H,5-9,15H2. The normalized spacial score (nSPS) is 27.4. The van der Waals surface area contributed by atoms with Gasteiger partial charge in [0.2, 0.25) is 0 Å². The van der Waals surface area contributed by atoms with Crippen LogP contribution in [0.4, 0.5) is 5.69 Å². The molecule has 0 amide bonds. The van der Waals surface area contributed by atoms with Crippen LogP contribution in [0, 0.1) is 10.1 Å². The summed E-state index contributed by atoms with van der Waals surface area (Å²) in [5.74, 6) is 0. The summed E-state index contributed by atoms with van der Waals surface area (Å²) in [6, 6.07) is 7.35. The Hall–Kier alpha value is -1.50. The molecule has 2 aliphatic rings. The Morgan fingerprint density at radius 2 is 2.15 bits per heavy atom. The van der Waals surface area contributed by atoms with Crippen molar-refractivity contribution < 1.29 is 9.66 Å². The molecule has 1 aromatic rings. The molecule has 2 atom stereocenters. The molecule has 20 heavy (non-hydrogen) atoms. The van der Waals surface area contributed by atoms with Gasteiger partial charge in [-0.15, -0.1) is 0 Å². The zero-order valence-corrected chi connectivity index (χ0v) is 11.3. The third kappa shape index (κ3) is 2.42. The minimum absolute atomic E-state index is 0.108. The van der Waals surface area contributed by atoms with Crippen LogP contribution in [0.25, 0.3) is 0 Å². The molecule has 0 aromatic heterocycles. The van der Waals surface area contributed by atoms with Crippen molar-refractivity contribution in [1.29, 1.82) is 0 Å². The fourth-order valence-corrected chi connectivity index (χ4v) is 3.05. The number of morpholine rings is 1. The third-order valence-electron chi connectivity index (χ3n) is 4.09. The Kier molecular flexibility index (Phi) is 3.69. The van der Waals surface area contributed by atoms with Crippen molar-refractivity contribution in [2.75, 3.05) is 19.7 Å².